The van der Waals surface area contributed by atoms with Crippen LogP contribution in [-0.2, 0) is 0 Å². The first-order valence-electron chi connectivity index (χ1n) is 7.74. The number of aromatic nitrogens is 1. The Morgan fingerprint density at radius 3 is 2.45 bits per heavy atom. The summed E-state index contributed by atoms with van der Waals surface area (Å²) in [6.07, 6.45) is 6.59. The Bertz CT molecular complexity index is 457. The lowest BCUT2D eigenvalue weighted by atomic mass is 9.99. The topological polar surface area (TPSA) is 36.4 Å². The predicted molar refractivity (Wildman–Crippen MR) is 80.0 cm³/mol. The van der Waals surface area contributed by atoms with Crippen molar-refractivity contribution in [2.75, 3.05) is 31.1 Å². The Kier molecular flexibility index (Phi) is 3.90. The van der Waals surface area contributed by atoms with Gasteiger partial charge in [0.1, 0.15) is 5.69 Å². The Hall–Kier alpha value is -1.58. The summed E-state index contributed by atoms with van der Waals surface area (Å²) >= 11 is 0. The van der Waals surface area contributed by atoms with Gasteiger partial charge in [0.25, 0.3) is 5.91 Å². The van der Waals surface area contributed by atoms with Gasteiger partial charge in [-0.2, -0.15) is 0 Å². The second-order valence-electron chi connectivity index (χ2n) is 6.07. The van der Waals surface area contributed by atoms with Gasteiger partial charge >= 0.3 is 0 Å². The number of anilines is 1. The molecule has 4 heteroatoms. The molecule has 1 amide bonds. The smallest absolute Gasteiger partial charge is 0.272 e. The van der Waals surface area contributed by atoms with E-state index in [1.807, 2.05) is 23.2 Å². The van der Waals surface area contributed by atoms with E-state index < -0.39 is 0 Å². The van der Waals surface area contributed by atoms with Crippen molar-refractivity contribution in [3.63, 3.8) is 0 Å². The minimum absolute atomic E-state index is 0.0846. The largest absolute Gasteiger partial charge is 0.370 e. The lowest BCUT2D eigenvalue weighted by Gasteiger charge is -2.31. The first-order valence-corrected chi connectivity index (χ1v) is 7.74. The molecule has 2 aliphatic rings. The van der Waals surface area contributed by atoms with Crippen molar-refractivity contribution >= 4 is 11.6 Å². The summed E-state index contributed by atoms with van der Waals surface area (Å²) in [7, 11) is 0. The van der Waals surface area contributed by atoms with Crippen molar-refractivity contribution < 1.29 is 4.79 Å². The molecule has 108 valence electrons. The maximum atomic E-state index is 12.2. The molecule has 1 aromatic heterocycles. The monoisotopic (exact) mass is 273 g/mol. The molecule has 2 aliphatic heterocycles. The molecule has 0 saturated carbocycles. The van der Waals surface area contributed by atoms with E-state index in [1.54, 1.807) is 0 Å². The normalized spacial score (nSPS) is 20.4. The van der Waals surface area contributed by atoms with E-state index in [-0.39, 0.29) is 5.91 Å². The number of likely N-dealkylation sites (tertiary alicyclic amines) is 1. The van der Waals surface area contributed by atoms with Crippen LogP contribution in [0.3, 0.4) is 0 Å². The van der Waals surface area contributed by atoms with Crippen LogP contribution < -0.4 is 4.90 Å². The maximum Gasteiger partial charge on any atom is 0.272 e. The minimum Gasteiger partial charge on any atom is -0.370 e. The van der Waals surface area contributed by atoms with Crippen LogP contribution in [-0.4, -0.2) is 42.0 Å². The minimum atomic E-state index is 0.0846. The molecule has 0 aromatic carbocycles. The van der Waals surface area contributed by atoms with Crippen LogP contribution >= 0.6 is 0 Å². The van der Waals surface area contributed by atoms with Crippen LogP contribution in [0.1, 0.15) is 43.1 Å². The molecule has 0 atom stereocenters. The molecule has 2 fully saturated rings. The molecule has 0 radical (unpaired) electrons. The summed E-state index contributed by atoms with van der Waals surface area (Å²) < 4.78 is 0. The standard InChI is InChI=1S/C16H23N3O/c1-13-6-10-18(11-7-13)14-4-5-15(17-12-14)16(20)19-8-2-3-9-19/h4-5,12-13H,2-3,6-11H2,1H3. The van der Waals surface area contributed by atoms with Crippen molar-refractivity contribution in [2.24, 2.45) is 5.92 Å². The molecule has 20 heavy (non-hydrogen) atoms. The lowest BCUT2D eigenvalue weighted by Crippen LogP contribution is -2.33. The molecule has 0 N–H and O–H groups in total. The highest BCUT2D eigenvalue weighted by Crippen LogP contribution is 2.22. The molecule has 3 rings (SSSR count). The van der Waals surface area contributed by atoms with E-state index in [0.29, 0.717) is 5.69 Å². The van der Waals surface area contributed by atoms with Gasteiger partial charge in [0.15, 0.2) is 0 Å². The predicted octanol–water partition coefficient (Wildman–Crippen LogP) is 2.55. The number of amides is 1. The van der Waals surface area contributed by atoms with Gasteiger partial charge in [-0.1, -0.05) is 6.92 Å². The molecule has 0 aliphatic carbocycles. The number of piperidine rings is 1. The van der Waals surface area contributed by atoms with E-state index in [0.717, 1.165) is 50.6 Å². The van der Waals surface area contributed by atoms with E-state index >= 15 is 0 Å². The van der Waals surface area contributed by atoms with Crippen LogP contribution in [0.4, 0.5) is 5.69 Å². The van der Waals surface area contributed by atoms with Crippen LogP contribution in [0.2, 0.25) is 0 Å². The van der Waals surface area contributed by atoms with Gasteiger partial charge in [-0.3, -0.25) is 4.79 Å². The first kappa shape index (κ1) is 13.4. The molecule has 3 heterocycles. The maximum absolute atomic E-state index is 12.2. The van der Waals surface area contributed by atoms with Crippen LogP contribution in [0, 0.1) is 5.92 Å². The Morgan fingerprint density at radius 1 is 1.15 bits per heavy atom. The summed E-state index contributed by atoms with van der Waals surface area (Å²) in [5.74, 6) is 0.913. The SMILES string of the molecule is CC1CCN(c2ccc(C(=O)N3CCCC3)nc2)CC1. The molecule has 2 saturated heterocycles. The number of hydrogen-bond acceptors (Lipinski definition) is 3. The average Bonchev–Trinajstić information content (AvgIpc) is 3.02. The number of carbonyl (C=O) groups is 1. The highest BCUT2D eigenvalue weighted by Gasteiger charge is 2.21. The molecule has 0 unspecified atom stereocenters. The van der Waals surface area contributed by atoms with E-state index in [4.69, 9.17) is 0 Å². The van der Waals surface area contributed by atoms with Crippen LogP contribution in [0.25, 0.3) is 0 Å². The van der Waals surface area contributed by atoms with E-state index in [9.17, 15) is 4.79 Å². The Balaban J connectivity index is 1.66. The van der Waals surface area contributed by atoms with Gasteiger partial charge in [0.2, 0.25) is 0 Å². The van der Waals surface area contributed by atoms with Gasteiger partial charge in [0.05, 0.1) is 11.9 Å². The van der Waals surface area contributed by atoms with E-state index in [2.05, 4.69) is 16.8 Å². The third-order valence-electron chi connectivity index (χ3n) is 4.51. The highest BCUT2D eigenvalue weighted by atomic mass is 16.2. The summed E-state index contributed by atoms with van der Waals surface area (Å²) in [4.78, 5) is 20.9. The fourth-order valence-electron chi connectivity index (χ4n) is 3.05. The van der Waals surface area contributed by atoms with Crippen molar-refractivity contribution in [1.29, 1.82) is 0 Å². The molecular weight excluding hydrogens is 250 g/mol. The quantitative estimate of drug-likeness (QED) is 0.831. The van der Waals surface area contributed by atoms with Gasteiger partial charge in [-0.15, -0.1) is 0 Å². The van der Waals surface area contributed by atoms with Crippen molar-refractivity contribution in [2.45, 2.75) is 32.6 Å². The van der Waals surface area contributed by atoms with Crippen LogP contribution in [0.15, 0.2) is 18.3 Å². The molecular formula is C16H23N3O. The van der Waals surface area contributed by atoms with Gasteiger partial charge < -0.3 is 9.80 Å². The highest BCUT2D eigenvalue weighted by molar-refractivity contribution is 5.92. The van der Waals surface area contributed by atoms with Gasteiger partial charge in [0, 0.05) is 26.2 Å². The second-order valence-corrected chi connectivity index (χ2v) is 6.07. The second kappa shape index (κ2) is 5.81. The summed E-state index contributed by atoms with van der Waals surface area (Å²) in [6, 6.07) is 3.93. The summed E-state index contributed by atoms with van der Waals surface area (Å²) in [5, 5.41) is 0. The van der Waals surface area contributed by atoms with Crippen molar-refractivity contribution in [3.05, 3.63) is 24.0 Å². The first-order chi connectivity index (χ1) is 9.74. The Morgan fingerprint density at radius 2 is 1.85 bits per heavy atom. The number of rotatable bonds is 2. The fourth-order valence-corrected chi connectivity index (χ4v) is 3.05. The summed E-state index contributed by atoms with van der Waals surface area (Å²) in [5.41, 5.74) is 1.73. The summed E-state index contributed by atoms with van der Waals surface area (Å²) in [6.45, 7) is 6.27. The number of pyridine rings is 1. The fraction of sp³-hybridized carbons (Fsp3) is 0.625. The van der Waals surface area contributed by atoms with Gasteiger partial charge in [-0.25, -0.2) is 4.98 Å². The molecule has 4 nitrogen and oxygen atoms in total. The molecule has 0 bridgehead atoms. The lowest BCUT2D eigenvalue weighted by molar-refractivity contribution is 0.0787. The van der Waals surface area contributed by atoms with Crippen molar-refractivity contribution in [3.8, 4) is 0 Å². The van der Waals surface area contributed by atoms with Crippen molar-refractivity contribution in [1.82, 2.24) is 9.88 Å². The van der Waals surface area contributed by atoms with Crippen LogP contribution in [0.5, 0.6) is 0 Å². The molecule has 1 aromatic rings. The zero-order valence-electron chi connectivity index (χ0n) is 12.2. The number of nitrogens with zero attached hydrogens (tertiary/aromatic N) is 3. The number of carbonyl (C=O) groups excluding carboxylic acids is 1. The number of hydrogen-bond donors (Lipinski definition) is 0. The van der Waals surface area contributed by atoms with Gasteiger partial charge in [-0.05, 0) is 43.7 Å². The third kappa shape index (κ3) is 2.79. The van der Waals surface area contributed by atoms with E-state index in [1.165, 1.54) is 12.8 Å². The third-order valence-corrected chi connectivity index (χ3v) is 4.51. The molecule has 0 spiro atoms. The Labute approximate surface area is 120 Å². The average molecular weight is 273 g/mol. The zero-order chi connectivity index (χ0) is 13.9. The zero-order valence-corrected chi connectivity index (χ0v) is 12.2.